The van der Waals surface area contributed by atoms with Crippen LogP contribution in [0.1, 0.15) is 148 Å². The Balaban J connectivity index is 1.01. The predicted octanol–water partition coefficient (Wildman–Crippen LogP) is 10.2. The van der Waals surface area contributed by atoms with Crippen LogP contribution in [0.5, 0.6) is 0 Å². The van der Waals surface area contributed by atoms with Crippen molar-refractivity contribution in [2.45, 2.75) is 155 Å². The van der Waals surface area contributed by atoms with Crippen molar-refractivity contribution in [3.05, 3.63) is 48.0 Å². The van der Waals surface area contributed by atoms with E-state index >= 15 is 0 Å². The summed E-state index contributed by atoms with van der Waals surface area (Å²) in [6.45, 7) is 12.5. The van der Waals surface area contributed by atoms with Crippen LogP contribution in [0.2, 0.25) is 0 Å². The topological polar surface area (TPSA) is 100 Å². The summed E-state index contributed by atoms with van der Waals surface area (Å²) in [4.78, 5) is 31.7. The number of rotatable bonds is 8. The molecule has 0 aromatic carbocycles. The smallest absolute Gasteiger partial charge is 0.410 e. The number of furan rings is 1. The van der Waals surface area contributed by atoms with E-state index in [1.807, 2.05) is 4.90 Å². The molecular weight excluding hydrogens is 699 g/mol. The fraction of sp³-hybridized carbons (Fsp3) is 0.796. The Labute approximate surface area is 335 Å². The van der Waals surface area contributed by atoms with Gasteiger partial charge in [0.1, 0.15) is 6.10 Å². The molecule has 1 aromatic rings. The van der Waals surface area contributed by atoms with Gasteiger partial charge in [-0.05, 0) is 167 Å². The molecule has 8 fully saturated rings. The van der Waals surface area contributed by atoms with E-state index in [-0.39, 0.29) is 52.6 Å². The molecule has 6 bridgehead atoms. The number of nitrogens with zero attached hydrogens (tertiary/aromatic N) is 1. The maximum Gasteiger partial charge on any atom is 0.410 e. The van der Waals surface area contributed by atoms with Crippen LogP contribution in [-0.4, -0.2) is 57.9 Å². The zero-order valence-corrected chi connectivity index (χ0v) is 34.9. The lowest BCUT2D eigenvalue weighted by atomic mass is 9.32. The molecule has 7 heteroatoms. The van der Waals surface area contributed by atoms with E-state index in [0.717, 1.165) is 68.3 Å². The lowest BCUT2D eigenvalue weighted by Gasteiger charge is -2.71. The molecule has 11 atom stereocenters. The third-order valence-corrected chi connectivity index (χ3v) is 19.3. The summed E-state index contributed by atoms with van der Waals surface area (Å²) in [5.74, 6) is 4.18. The fourth-order valence-corrected chi connectivity index (χ4v) is 17.0. The van der Waals surface area contributed by atoms with Crippen molar-refractivity contribution in [2.24, 2.45) is 74.4 Å². The van der Waals surface area contributed by atoms with Gasteiger partial charge in [-0.25, -0.2) is 4.79 Å². The molecule has 11 unspecified atom stereocenters. The number of amides is 1. The molecule has 0 aliphatic heterocycles. The molecular formula is C49H69NO6. The number of ether oxygens (including phenoxy) is 1. The number of ketones is 1. The van der Waals surface area contributed by atoms with E-state index < -0.39 is 22.5 Å². The second-order valence-corrected chi connectivity index (χ2v) is 22.6. The van der Waals surface area contributed by atoms with Crippen molar-refractivity contribution in [1.82, 2.24) is 4.90 Å². The van der Waals surface area contributed by atoms with Gasteiger partial charge >= 0.3 is 6.09 Å². The minimum atomic E-state index is -1.13. The number of hydrogen-bond acceptors (Lipinski definition) is 6. The summed E-state index contributed by atoms with van der Waals surface area (Å²) < 4.78 is 12.5. The summed E-state index contributed by atoms with van der Waals surface area (Å²) in [7, 11) is 0. The summed E-state index contributed by atoms with van der Waals surface area (Å²) in [5, 5.41) is 24.6. The van der Waals surface area contributed by atoms with Crippen molar-refractivity contribution < 1.29 is 29.0 Å². The number of hydrogen-bond donors (Lipinski definition) is 2. The third-order valence-electron chi connectivity index (χ3n) is 19.3. The van der Waals surface area contributed by atoms with Gasteiger partial charge in [-0.15, -0.1) is 0 Å². The molecule has 2 spiro atoms. The lowest BCUT2D eigenvalue weighted by molar-refractivity contribution is -0.177. The van der Waals surface area contributed by atoms with Crippen LogP contribution in [0.3, 0.4) is 0 Å². The van der Waals surface area contributed by atoms with Crippen molar-refractivity contribution in [3.63, 3.8) is 0 Å². The van der Waals surface area contributed by atoms with E-state index in [0.29, 0.717) is 42.9 Å². The number of fused-ring (bicyclic) bond motifs is 1. The van der Waals surface area contributed by atoms with Gasteiger partial charge in [0.2, 0.25) is 5.78 Å². The van der Waals surface area contributed by atoms with Crippen molar-refractivity contribution in [3.8, 4) is 0 Å². The van der Waals surface area contributed by atoms with Crippen molar-refractivity contribution in [1.29, 1.82) is 0 Å². The normalized spacial score (nSPS) is 49.6. The predicted molar refractivity (Wildman–Crippen MR) is 215 cm³/mol. The van der Waals surface area contributed by atoms with Gasteiger partial charge in [0, 0.05) is 28.4 Å². The highest BCUT2D eigenvalue weighted by molar-refractivity contribution is 6.08. The summed E-state index contributed by atoms with van der Waals surface area (Å²) in [6, 6.07) is 3.58. The second-order valence-electron chi connectivity index (χ2n) is 22.6. The number of Topliss-reactive ketones (excluding diaryl/α,β-unsaturated/α-hetero) is 1. The number of carbonyl (C=O) groups is 2. The zero-order valence-electron chi connectivity index (χ0n) is 34.9. The van der Waals surface area contributed by atoms with Gasteiger partial charge in [0.25, 0.3) is 0 Å². The molecule has 11 aliphatic carbocycles. The van der Waals surface area contributed by atoms with Gasteiger partial charge in [-0.1, -0.05) is 59.3 Å². The highest BCUT2D eigenvalue weighted by Crippen LogP contribution is 2.78. The maximum absolute atomic E-state index is 15.0. The Morgan fingerprint density at radius 2 is 1.55 bits per heavy atom. The summed E-state index contributed by atoms with van der Waals surface area (Å²) in [6.07, 6.45) is 24.2. The Bertz CT molecular complexity index is 1760. The first-order valence-electron chi connectivity index (χ1n) is 23.0. The van der Waals surface area contributed by atoms with Crippen molar-refractivity contribution in [2.75, 3.05) is 13.1 Å². The summed E-state index contributed by atoms with van der Waals surface area (Å²) >= 11 is 0. The molecule has 56 heavy (non-hydrogen) atoms. The molecule has 1 heterocycles. The first-order valence-corrected chi connectivity index (χ1v) is 23.0. The average molecular weight is 768 g/mol. The maximum atomic E-state index is 15.0. The first kappa shape index (κ1) is 37.9. The molecule has 1 amide bonds. The molecule has 2 N–H and O–H groups in total. The standard InChI is InChI=1S/C49H69NO6/c1-30(2)36-9-8-31(3)19-39(36)56-43(53)50(28-46-23-32-20-33(24-46)22-34(21-32)25-46)29-48(54)15-12-41-45(48,5)14-11-40-44(4)13-10-35(51)26-47(44)16-17-49(40,41)37(27-47)42(52)38-7-6-18-55-38/h6-7,16-18,27,30-36,39-41,51,54H,8-15,19-26,28-29H2,1-5H3. The number of allylic oxidation sites excluding steroid dienone is 4. The van der Waals surface area contributed by atoms with Crippen LogP contribution in [0, 0.1) is 74.4 Å². The Hall–Kier alpha value is -2.38. The molecule has 7 nitrogen and oxygen atoms in total. The van der Waals surface area contributed by atoms with Crippen LogP contribution in [0.15, 0.2) is 46.6 Å². The van der Waals surface area contributed by atoms with E-state index in [2.05, 4.69) is 52.8 Å². The van der Waals surface area contributed by atoms with Gasteiger partial charge in [0.15, 0.2) is 5.76 Å². The van der Waals surface area contributed by atoms with Gasteiger partial charge in [0.05, 0.1) is 24.5 Å². The number of carbonyl (C=O) groups excluding carboxylic acids is 2. The lowest BCUT2D eigenvalue weighted by Crippen LogP contribution is -2.67. The summed E-state index contributed by atoms with van der Waals surface area (Å²) in [5.41, 5.74) is -1.79. The number of aliphatic hydroxyl groups excluding tert-OH is 1. The van der Waals surface area contributed by atoms with E-state index in [1.165, 1.54) is 44.9 Å². The van der Waals surface area contributed by atoms with Gasteiger partial charge in [-0.2, -0.15) is 0 Å². The van der Waals surface area contributed by atoms with E-state index in [1.54, 1.807) is 18.4 Å². The van der Waals surface area contributed by atoms with E-state index in [4.69, 9.17) is 9.15 Å². The highest BCUT2D eigenvalue weighted by atomic mass is 16.6. The van der Waals surface area contributed by atoms with Crippen LogP contribution in [0.25, 0.3) is 0 Å². The first-order chi connectivity index (χ1) is 26.6. The molecule has 306 valence electrons. The molecule has 0 saturated heterocycles. The van der Waals surface area contributed by atoms with Gasteiger partial charge in [-0.3, -0.25) is 4.79 Å². The quantitative estimate of drug-likeness (QED) is 0.202. The largest absolute Gasteiger partial charge is 0.461 e. The average Bonchev–Trinajstić information content (AvgIpc) is 3.77. The minimum absolute atomic E-state index is 0.0177. The molecule has 12 rings (SSSR count). The van der Waals surface area contributed by atoms with Crippen LogP contribution in [-0.2, 0) is 4.74 Å². The molecule has 11 aliphatic rings. The Morgan fingerprint density at radius 3 is 2.23 bits per heavy atom. The SMILES string of the molecule is CC1CCC(C(C)C)C(OC(=O)N(CC23CC4CC(CC(C4)C2)C3)CC2(O)CCC3C45C=CC6(C=C4C(=O)c4ccco4)CC(O)CCC6(C)C5CCC32C)C1. The van der Waals surface area contributed by atoms with Crippen LogP contribution < -0.4 is 0 Å². The third kappa shape index (κ3) is 5.32. The van der Waals surface area contributed by atoms with Gasteiger partial charge < -0.3 is 24.3 Å². The van der Waals surface area contributed by atoms with E-state index in [9.17, 15) is 19.8 Å². The second kappa shape index (κ2) is 12.8. The Kier molecular flexibility index (Phi) is 8.66. The minimum Gasteiger partial charge on any atom is -0.461 e. The van der Waals surface area contributed by atoms with Crippen LogP contribution in [0.4, 0.5) is 4.79 Å². The molecule has 8 saturated carbocycles. The highest BCUT2D eigenvalue weighted by Gasteiger charge is 2.75. The van der Waals surface area contributed by atoms with Crippen molar-refractivity contribution >= 4 is 11.9 Å². The molecule has 1 aromatic heterocycles. The molecule has 0 radical (unpaired) electrons. The Morgan fingerprint density at radius 1 is 0.875 bits per heavy atom. The van der Waals surface area contributed by atoms with Crippen LogP contribution >= 0.6 is 0 Å². The number of aliphatic hydroxyl groups is 2. The zero-order chi connectivity index (χ0) is 39.0. The fourth-order valence-electron chi connectivity index (χ4n) is 17.0. The monoisotopic (exact) mass is 768 g/mol.